The van der Waals surface area contributed by atoms with Crippen molar-refractivity contribution in [1.29, 1.82) is 0 Å². The van der Waals surface area contributed by atoms with Gasteiger partial charge in [-0.1, -0.05) is 48.5 Å². The van der Waals surface area contributed by atoms with E-state index in [1.807, 2.05) is 60.7 Å². The molecule has 1 N–H and O–H groups in total. The van der Waals surface area contributed by atoms with Gasteiger partial charge in [0.2, 0.25) is 0 Å². The van der Waals surface area contributed by atoms with Crippen LogP contribution >= 0.6 is 11.8 Å². The molecule has 0 unspecified atom stereocenters. The first-order valence-electron chi connectivity index (χ1n) is 9.33. The molecule has 3 aromatic rings. The van der Waals surface area contributed by atoms with Gasteiger partial charge < -0.3 is 9.72 Å². The lowest BCUT2D eigenvalue weighted by Crippen LogP contribution is -2.37. The van der Waals surface area contributed by atoms with Gasteiger partial charge in [0.1, 0.15) is 5.75 Å². The Kier molecular flexibility index (Phi) is 7.14. The molecule has 5 nitrogen and oxygen atoms in total. The fourth-order valence-electron chi connectivity index (χ4n) is 2.79. The molecule has 0 spiro atoms. The number of para-hydroxylation sites is 1. The van der Waals surface area contributed by atoms with Crippen molar-refractivity contribution in [2.45, 2.75) is 31.3 Å². The number of unbranched alkanes of at least 4 members (excludes halogenated alkanes) is 1. The van der Waals surface area contributed by atoms with E-state index in [9.17, 15) is 9.59 Å². The molecule has 0 aliphatic carbocycles. The summed E-state index contributed by atoms with van der Waals surface area (Å²) in [5.41, 5.74) is 0.909. The smallest absolute Gasteiger partial charge is 0.329 e. The van der Waals surface area contributed by atoms with E-state index in [0.717, 1.165) is 29.9 Å². The Morgan fingerprint density at radius 1 is 0.964 bits per heavy atom. The van der Waals surface area contributed by atoms with Crippen LogP contribution in [0, 0.1) is 6.92 Å². The maximum atomic E-state index is 12.6. The van der Waals surface area contributed by atoms with E-state index in [1.165, 1.54) is 16.3 Å². The first kappa shape index (κ1) is 20.0. The van der Waals surface area contributed by atoms with Crippen molar-refractivity contribution in [2.24, 2.45) is 0 Å². The minimum absolute atomic E-state index is 0.234. The SMILES string of the molecule is Cc1c(SCCCCOc2ccccc2)[nH]c(=O)n(Cc2ccccc2)c1=O. The van der Waals surface area contributed by atoms with Crippen LogP contribution in [-0.4, -0.2) is 21.9 Å². The summed E-state index contributed by atoms with van der Waals surface area (Å²) in [7, 11) is 0. The molecular weight excluding hydrogens is 372 g/mol. The molecule has 0 saturated heterocycles. The lowest BCUT2D eigenvalue weighted by molar-refractivity contribution is 0.310. The second kappa shape index (κ2) is 9.99. The molecule has 0 aliphatic heterocycles. The molecule has 6 heteroatoms. The lowest BCUT2D eigenvalue weighted by Gasteiger charge is -2.10. The van der Waals surface area contributed by atoms with Gasteiger partial charge in [0.15, 0.2) is 0 Å². The van der Waals surface area contributed by atoms with Crippen LogP contribution in [0.4, 0.5) is 0 Å². The van der Waals surface area contributed by atoms with Crippen molar-refractivity contribution >= 4 is 11.8 Å². The number of aromatic nitrogens is 2. The fraction of sp³-hybridized carbons (Fsp3) is 0.273. The highest BCUT2D eigenvalue weighted by atomic mass is 32.2. The minimum Gasteiger partial charge on any atom is -0.494 e. The molecule has 0 aliphatic rings. The summed E-state index contributed by atoms with van der Waals surface area (Å²) in [6, 6.07) is 19.2. The molecule has 0 amide bonds. The van der Waals surface area contributed by atoms with Crippen molar-refractivity contribution in [3.63, 3.8) is 0 Å². The van der Waals surface area contributed by atoms with Gasteiger partial charge in [-0.2, -0.15) is 0 Å². The Hall–Kier alpha value is -2.73. The van der Waals surface area contributed by atoms with Crippen molar-refractivity contribution < 1.29 is 4.74 Å². The zero-order valence-corrected chi connectivity index (χ0v) is 16.7. The van der Waals surface area contributed by atoms with E-state index in [1.54, 1.807) is 6.92 Å². The van der Waals surface area contributed by atoms with Crippen LogP contribution in [0.15, 0.2) is 75.3 Å². The van der Waals surface area contributed by atoms with E-state index in [4.69, 9.17) is 4.74 Å². The average molecular weight is 397 g/mol. The van der Waals surface area contributed by atoms with Crippen LogP contribution in [0.2, 0.25) is 0 Å². The maximum absolute atomic E-state index is 12.6. The third-order valence-electron chi connectivity index (χ3n) is 4.35. The van der Waals surface area contributed by atoms with E-state index >= 15 is 0 Å². The largest absolute Gasteiger partial charge is 0.494 e. The number of benzene rings is 2. The normalized spacial score (nSPS) is 10.8. The van der Waals surface area contributed by atoms with Gasteiger partial charge in [-0.25, -0.2) is 4.79 Å². The average Bonchev–Trinajstić information content (AvgIpc) is 2.73. The Balaban J connectivity index is 1.53. The summed E-state index contributed by atoms with van der Waals surface area (Å²) in [6.45, 7) is 2.69. The first-order valence-corrected chi connectivity index (χ1v) is 10.3. The quantitative estimate of drug-likeness (QED) is 0.339. The van der Waals surface area contributed by atoms with Gasteiger partial charge in [0, 0.05) is 5.56 Å². The molecule has 3 rings (SSSR count). The highest BCUT2D eigenvalue weighted by molar-refractivity contribution is 7.99. The third kappa shape index (κ3) is 5.39. The molecule has 2 aromatic carbocycles. The number of hydrogen-bond acceptors (Lipinski definition) is 4. The lowest BCUT2D eigenvalue weighted by atomic mass is 10.2. The molecule has 1 aromatic heterocycles. The molecular formula is C22H24N2O3S. The second-order valence-electron chi connectivity index (χ2n) is 6.48. The zero-order chi connectivity index (χ0) is 19.8. The van der Waals surface area contributed by atoms with Crippen molar-refractivity contribution in [1.82, 2.24) is 9.55 Å². The number of aromatic amines is 1. The Bertz CT molecular complexity index is 998. The van der Waals surface area contributed by atoms with Gasteiger partial charge in [0.05, 0.1) is 18.2 Å². The topological polar surface area (TPSA) is 64.1 Å². The molecule has 0 saturated carbocycles. The number of H-pyrrole nitrogens is 1. The van der Waals surface area contributed by atoms with Crippen LogP contribution in [0.25, 0.3) is 0 Å². The number of ether oxygens (including phenoxy) is 1. The standard InChI is InChI=1S/C22H24N2O3S/c1-17-20(28-15-9-8-14-27-19-12-6-3-7-13-19)23-22(26)24(21(17)25)16-18-10-4-2-5-11-18/h2-7,10-13H,8-9,14-16H2,1H3,(H,23,26). The number of nitrogens with zero attached hydrogens (tertiary/aromatic N) is 1. The first-order chi connectivity index (χ1) is 13.6. The third-order valence-corrected chi connectivity index (χ3v) is 5.54. The van der Waals surface area contributed by atoms with Crippen LogP contribution in [0.5, 0.6) is 5.75 Å². The van der Waals surface area contributed by atoms with Crippen LogP contribution < -0.4 is 16.0 Å². The summed E-state index contributed by atoms with van der Waals surface area (Å²) in [5, 5.41) is 0.656. The summed E-state index contributed by atoms with van der Waals surface area (Å²) >= 11 is 1.51. The monoisotopic (exact) mass is 396 g/mol. The fourth-order valence-corrected chi connectivity index (χ4v) is 3.81. The summed E-state index contributed by atoms with van der Waals surface area (Å²) in [6.07, 6.45) is 1.85. The van der Waals surface area contributed by atoms with E-state index in [-0.39, 0.29) is 17.8 Å². The van der Waals surface area contributed by atoms with Gasteiger partial charge in [0.25, 0.3) is 5.56 Å². The van der Waals surface area contributed by atoms with E-state index < -0.39 is 0 Å². The molecule has 0 bridgehead atoms. The molecule has 1 heterocycles. The number of hydrogen-bond donors (Lipinski definition) is 1. The summed E-state index contributed by atoms with van der Waals surface area (Å²) in [5.74, 6) is 1.69. The van der Waals surface area contributed by atoms with Gasteiger partial charge in [-0.15, -0.1) is 11.8 Å². The summed E-state index contributed by atoms with van der Waals surface area (Å²) < 4.78 is 6.92. The molecule has 28 heavy (non-hydrogen) atoms. The Morgan fingerprint density at radius 2 is 1.64 bits per heavy atom. The highest BCUT2D eigenvalue weighted by Crippen LogP contribution is 2.18. The molecule has 0 radical (unpaired) electrons. The van der Waals surface area contributed by atoms with Gasteiger partial charge >= 0.3 is 5.69 Å². The summed E-state index contributed by atoms with van der Waals surface area (Å²) in [4.78, 5) is 27.9. The molecule has 0 fully saturated rings. The highest BCUT2D eigenvalue weighted by Gasteiger charge is 2.11. The number of rotatable bonds is 9. The minimum atomic E-state index is -0.366. The van der Waals surface area contributed by atoms with Crippen LogP contribution in [0.3, 0.4) is 0 Å². The zero-order valence-electron chi connectivity index (χ0n) is 15.9. The van der Waals surface area contributed by atoms with E-state index in [2.05, 4.69) is 4.98 Å². The van der Waals surface area contributed by atoms with E-state index in [0.29, 0.717) is 17.2 Å². The predicted octanol–water partition coefficient (Wildman–Crippen LogP) is 3.84. The second-order valence-corrected chi connectivity index (χ2v) is 7.58. The Morgan fingerprint density at radius 3 is 2.36 bits per heavy atom. The van der Waals surface area contributed by atoms with Crippen LogP contribution in [-0.2, 0) is 6.54 Å². The van der Waals surface area contributed by atoms with Crippen LogP contribution in [0.1, 0.15) is 24.0 Å². The molecule has 0 atom stereocenters. The number of thioether (sulfide) groups is 1. The predicted molar refractivity (Wildman–Crippen MR) is 113 cm³/mol. The number of nitrogens with one attached hydrogen (secondary N) is 1. The maximum Gasteiger partial charge on any atom is 0.329 e. The van der Waals surface area contributed by atoms with Gasteiger partial charge in [-0.3, -0.25) is 9.36 Å². The van der Waals surface area contributed by atoms with Crippen molar-refractivity contribution in [3.05, 3.63) is 92.6 Å². The van der Waals surface area contributed by atoms with Crippen molar-refractivity contribution in [3.8, 4) is 5.75 Å². The molecule has 146 valence electrons. The van der Waals surface area contributed by atoms with Gasteiger partial charge in [-0.05, 0) is 43.2 Å². The van der Waals surface area contributed by atoms with Crippen molar-refractivity contribution in [2.75, 3.05) is 12.4 Å². The Labute approximate surface area is 168 Å².